The summed E-state index contributed by atoms with van der Waals surface area (Å²) in [7, 11) is -0.444. The topological polar surface area (TPSA) is 70.5 Å². The smallest absolute Gasteiger partial charge is 0.456 e. The van der Waals surface area contributed by atoms with Gasteiger partial charge in [0, 0.05) is 23.3 Å². The molecule has 6 rings (SSSR count). The van der Waals surface area contributed by atoms with E-state index in [1.54, 1.807) is 12.4 Å². The van der Waals surface area contributed by atoms with Gasteiger partial charge in [-0.1, -0.05) is 12.1 Å². The molecule has 7 heteroatoms. The van der Waals surface area contributed by atoms with Gasteiger partial charge >= 0.3 is 7.12 Å². The predicted molar refractivity (Wildman–Crippen MR) is 120 cm³/mol. The number of hydrogen-bond acceptors (Lipinski definition) is 6. The molecular formula is C24H21BN2O4. The van der Waals surface area contributed by atoms with Crippen molar-refractivity contribution in [1.82, 2.24) is 9.97 Å². The number of furan rings is 1. The lowest BCUT2D eigenvalue weighted by Gasteiger charge is -2.32. The van der Waals surface area contributed by atoms with Crippen LogP contribution in [0.5, 0.6) is 0 Å². The quantitative estimate of drug-likeness (QED) is 0.376. The van der Waals surface area contributed by atoms with E-state index in [0.717, 1.165) is 38.5 Å². The van der Waals surface area contributed by atoms with Crippen LogP contribution >= 0.6 is 0 Å². The van der Waals surface area contributed by atoms with E-state index in [0.29, 0.717) is 11.5 Å². The number of oxazole rings is 1. The van der Waals surface area contributed by atoms with Gasteiger partial charge in [0.05, 0.1) is 16.6 Å². The summed E-state index contributed by atoms with van der Waals surface area (Å²) in [5, 5.41) is 1.85. The molecule has 0 amide bonds. The van der Waals surface area contributed by atoms with Gasteiger partial charge in [-0.3, -0.25) is 4.98 Å². The molecule has 4 heterocycles. The van der Waals surface area contributed by atoms with Gasteiger partial charge < -0.3 is 18.1 Å². The molecular weight excluding hydrogens is 391 g/mol. The largest absolute Gasteiger partial charge is 0.494 e. The summed E-state index contributed by atoms with van der Waals surface area (Å²) < 4.78 is 24.8. The molecule has 0 bridgehead atoms. The number of benzene rings is 2. The molecule has 154 valence electrons. The molecule has 1 saturated heterocycles. The van der Waals surface area contributed by atoms with E-state index >= 15 is 0 Å². The van der Waals surface area contributed by atoms with Crippen LogP contribution in [-0.2, 0) is 9.31 Å². The molecule has 0 atom stereocenters. The standard InChI is InChI=1S/C24H21BN2O4/c1-23(2)24(3,4)31-25(30-23)15-5-7-18-16(13-15)20-19(28-18)8-6-17-21(20)29-22(27-17)14-9-11-26-12-10-14/h5-13H,1-4H3. The minimum absolute atomic E-state index is 0.400. The second kappa shape index (κ2) is 6.18. The number of hydrogen-bond donors (Lipinski definition) is 0. The van der Waals surface area contributed by atoms with E-state index in [1.807, 2.05) is 36.4 Å². The number of nitrogens with zero attached hydrogens (tertiary/aromatic N) is 2. The van der Waals surface area contributed by atoms with Crippen molar-refractivity contribution in [2.75, 3.05) is 0 Å². The molecule has 0 radical (unpaired) electrons. The number of fused-ring (bicyclic) bond motifs is 5. The Morgan fingerprint density at radius 3 is 2.26 bits per heavy atom. The van der Waals surface area contributed by atoms with Crippen molar-refractivity contribution in [1.29, 1.82) is 0 Å². The highest BCUT2D eigenvalue weighted by Gasteiger charge is 2.51. The Bertz CT molecular complexity index is 1440. The molecule has 1 aliphatic rings. The molecule has 0 unspecified atom stereocenters. The van der Waals surface area contributed by atoms with Crippen LogP contribution in [-0.4, -0.2) is 28.3 Å². The van der Waals surface area contributed by atoms with Crippen LogP contribution in [0.2, 0.25) is 0 Å². The predicted octanol–water partition coefficient (Wildman–Crippen LogP) is 5.09. The van der Waals surface area contributed by atoms with Crippen LogP contribution in [0.25, 0.3) is 44.5 Å². The first kappa shape index (κ1) is 18.6. The van der Waals surface area contributed by atoms with Crippen molar-refractivity contribution in [2.24, 2.45) is 0 Å². The third-order valence-electron chi connectivity index (χ3n) is 6.46. The van der Waals surface area contributed by atoms with E-state index < -0.39 is 18.3 Å². The Labute approximate surface area is 179 Å². The van der Waals surface area contributed by atoms with Gasteiger partial charge in [-0.05, 0) is 63.5 Å². The molecule has 0 saturated carbocycles. The Morgan fingerprint density at radius 2 is 1.52 bits per heavy atom. The molecule has 0 N–H and O–H groups in total. The summed E-state index contributed by atoms with van der Waals surface area (Å²) in [5.74, 6) is 0.557. The normalized spacial score (nSPS) is 17.9. The van der Waals surface area contributed by atoms with Crippen LogP contribution in [0, 0.1) is 0 Å². The molecule has 3 aromatic heterocycles. The van der Waals surface area contributed by atoms with Gasteiger partial charge in [-0.15, -0.1) is 0 Å². The van der Waals surface area contributed by atoms with E-state index in [2.05, 4.69) is 43.7 Å². The van der Waals surface area contributed by atoms with Crippen molar-refractivity contribution < 1.29 is 18.1 Å². The van der Waals surface area contributed by atoms with Crippen LogP contribution < -0.4 is 5.46 Å². The van der Waals surface area contributed by atoms with Crippen LogP contribution in [0.1, 0.15) is 27.7 Å². The van der Waals surface area contributed by atoms with Crippen molar-refractivity contribution >= 4 is 45.6 Å². The Morgan fingerprint density at radius 1 is 0.806 bits per heavy atom. The lowest BCUT2D eigenvalue weighted by Crippen LogP contribution is -2.41. The molecule has 2 aromatic carbocycles. The highest BCUT2D eigenvalue weighted by molar-refractivity contribution is 6.62. The van der Waals surface area contributed by atoms with Gasteiger partial charge in [0.25, 0.3) is 0 Å². The molecule has 0 aliphatic carbocycles. The lowest BCUT2D eigenvalue weighted by molar-refractivity contribution is 0.00578. The van der Waals surface area contributed by atoms with E-state index in [9.17, 15) is 0 Å². The maximum absolute atomic E-state index is 6.24. The van der Waals surface area contributed by atoms with Gasteiger partial charge in [0.2, 0.25) is 5.89 Å². The van der Waals surface area contributed by atoms with Crippen molar-refractivity contribution in [3.8, 4) is 11.5 Å². The summed E-state index contributed by atoms with van der Waals surface area (Å²) in [6, 6.07) is 13.6. The first-order chi connectivity index (χ1) is 14.8. The SMILES string of the molecule is CC1(C)OB(c2ccc3oc4ccc5nc(-c6ccncc6)oc5c4c3c2)OC1(C)C. The van der Waals surface area contributed by atoms with Crippen LogP contribution in [0.4, 0.5) is 0 Å². The first-order valence-electron chi connectivity index (χ1n) is 10.3. The van der Waals surface area contributed by atoms with E-state index in [-0.39, 0.29) is 0 Å². The van der Waals surface area contributed by atoms with Crippen molar-refractivity contribution in [3.05, 3.63) is 54.9 Å². The average Bonchev–Trinajstić information content (AvgIpc) is 3.39. The molecule has 1 fully saturated rings. The third kappa shape index (κ3) is 2.73. The number of aromatic nitrogens is 2. The van der Waals surface area contributed by atoms with Gasteiger partial charge in [-0.25, -0.2) is 4.98 Å². The van der Waals surface area contributed by atoms with Gasteiger partial charge in [-0.2, -0.15) is 0 Å². The fourth-order valence-electron chi connectivity index (χ4n) is 4.01. The summed E-state index contributed by atoms with van der Waals surface area (Å²) in [5.41, 5.74) is 4.04. The highest BCUT2D eigenvalue weighted by Crippen LogP contribution is 2.38. The molecule has 0 spiro atoms. The first-order valence-corrected chi connectivity index (χ1v) is 10.3. The van der Waals surface area contributed by atoms with Crippen molar-refractivity contribution in [2.45, 2.75) is 38.9 Å². The maximum atomic E-state index is 6.24. The monoisotopic (exact) mass is 412 g/mol. The van der Waals surface area contributed by atoms with Crippen LogP contribution in [0.3, 0.4) is 0 Å². The molecule has 31 heavy (non-hydrogen) atoms. The summed E-state index contributed by atoms with van der Waals surface area (Å²) in [6.45, 7) is 8.21. The fourth-order valence-corrected chi connectivity index (χ4v) is 4.01. The zero-order chi connectivity index (χ0) is 21.4. The Hall–Kier alpha value is -3.16. The summed E-state index contributed by atoms with van der Waals surface area (Å²) in [6.07, 6.45) is 3.45. The maximum Gasteiger partial charge on any atom is 0.494 e. The molecule has 6 nitrogen and oxygen atoms in total. The average molecular weight is 412 g/mol. The van der Waals surface area contributed by atoms with E-state index in [1.165, 1.54) is 0 Å². The number of rotatable bonds is 2. The van der Waals surface area contributed by atoms with Gasteiger partial charge in [0.15, 0.2) is 5.58 Å². The second-order valence-electron chi connectivity index (χ2n) is 8.99. The molecule has 5 aromatic rings. The van der Waals surface area contributed by atoms with Crippen molar-refractivity contribution in [3.63, 3.8) is 0 Å². The third-order valence-corrected chi connectivity index (χ3v) is 6.46. The highest BCUT2D eigenvalue weighted by atomic mass is 16.7. The lowest BCUT2D eigenvalue weighted by atomic mass is 9.78. The zero-order valence-corrected chi connectivity index (χ0v) is 17.8. The second-order valence-corrected chi connectivity index (χ2v) is 8.99. The molecule has 1 aliphatic heterocycles. The van der Waals surface area contributed by atoms with Gasteiger partial charge in [0.1, 0.15) is 16.7 Å². The van der Waals surface area contributed by atoms with Crippen LogP contribution in [0.15, 0.2) is 63.7 Å². The zero-order valence-electron chi connectivity index (χ0n) is 17.8. The Kier molecular flexibility index (Phi) is 3.71. The Balaban J connectivity index is 1.53. The fraction of sp³-hybridized carbons (Fsp3) is 0.250. The number of pyridine rings is 1. The summed E-state index contributed by atoms with van der Waals surface area (Å²) >= 11 is 0. The van der Waals surface area contributed by atoms with E-state index in [4.69, 9.17) is 18.1 Å². The minimum Gasteiger partial charge on any atom is -0.456 e. The summed E-state index contributed by atoms with van der Waals surface area (Å²) in [4.78, 5) is 8.74. The minimum atomic E-state index is -0.444.